The molecule has 0 N–H and O–H groups in total. The second-order valence-corrected chi connectivity index (χ2v) is 5.19. The molecule has 0 saturated carbocycles. The van der Waals surface area contributed by atoms with Gasteiger partial charge in [-0.15, -0.1) is 5.10 Å². The van der Waals surface area contributed by atoms with Gasteiger partial charge in [-0.3, -0.25) is 0 Å². The SMILES string of the molecule is Cc1nnc(N(C)CCN2CCCC2)c(C#N)c1C. The van der Waals surface area contributed by atoms with Gasteiger partial charge in [0.25, 0.3) is 0 Å². The van der Waals surface area contributed by atoms with Crippen molar-refractivity contribution in [3.05, 3.63) is 16.8 Å². The maximum Gasteiger partial charge on any atom is 0.169 e. The van der Waals surface area contributed by atoms with E-state index in [1.807, 2.05) is 25.8 Å². The number of aromatic nitrogens is 2. The number of likely N-dealkylation sites (N-methyl/N-ethyl adjacent to an activating group) is 1. The Morgan fingerprint density at radius 1 is 1.26 bits per heavy atom. The first-order valence-electron chi connectivity index (χ1n) is 6.81. The van der Waals surface area contributed by atoms with Gasteiger partial charge in [0, 0.05) is 20.1 Å². The van der Waals surface area contributed by atoms with Gasteiger partial charge in [-0.1, -0.05) is 0 Å². The topological polar surface area (TPSA) is 56.1 Å². The quantitative estimate of drug-likeness (QED) is 0.820. The lowest BCUT2D eigenvalue weighted by atomic mass is 10.1. The normalized spacial score (nSPS) is 15.5. The standard InChI is InChI=1S/C14H21N5/c1-11-12(2)16-17-14(13(11)10-15)18(3)8-9-19-6-4-5-7-19/h4-9H2,1-3H3. The summed E-state index contributed by atoms with van der Waals surface area (Å²) < 4.78 is 0. The first kappa shape index (κ1) is 13.8. The van der Waals surface area contributed by atoms with E-state index in [1.165, 1.54) is 25.9 Å². The summed E-state index contributed by atoms with van der Waals surface area (Å²) in [5, 5.41) is 17.6. The molecule has 5 heteroatoms. The average Bonchev–Trinajstić information content (AvgIpc) is 2.92. The maximum absolute atomic E-state index is 9.30. The molecule has 0 aliphatic carbocycles. The van der Waals surface area contributed by atoms with Crippen LogP contribution in [0.4, 0.5) is 5.82 Å². The molecule has 0 bridgehead atoms. The van der Waals surface area contributed by atoms with E-state index in [0.29, 0.717) is 11.4 Å². The van der Waals surface area contributed by atoms with Crippen molar-refractivity contribution in [3.63, 3.8) is 0 Å². The van der Waals surface area contributed by atoms with Gasteiger partial charge in [0.1, 0.15) is 11.6 Å². The first-order chi connectivity index (χ1) is 9.13. The number of anilines is 1. The van der Waals surface area contributed by atoms with Crippen LogP contribution in [0.25, 0.3) is 0 Å². The van der Waals surface area contributed by atoms with Crippen molar-refractivity contribution in [1.29, 1.82) is 5.26 Å². The van der Waals surface area contributed by atoms with E-state index in [4.69, 9.17) is 0 Å². The van der Waals surface area contributed by atoms with Gasteiger partial charge in [-0.25, -0.2) is 0 Å². The van der Waals surface area contributed by atoms with Gasteiger partial charge in [-0.2, -0.15) is 10.4 Å². The highest BCUT2D eigenvalue weighted by molar-refractivity contribution is 5.57. The Kier molecular flexibility index (Phi) is 4.33. The Labute approximate surface area is 114 Å². The third-order valence-corrected chi connectivity index (χ3v) is 3.86. The van der Waals surface area contributed by atoms with Crippen LogP contribution in [0.15, 0.2) is 0 Å². The van der Waals surface area contributed by atoms with Crippen LogP contribution in [0.3, 0.4) is 0 Å². The predicted molar refractivity (Wildman–Crippen MR) is 75.2 cm³/mol. The summed E-state index contributed by atoms with van der Waals surface area (Å²) in [6.07, 6.45) is 2.60. The van der Waals surface area contributed by atoms with Gasteiger partial charge < -0.3 is 9.80 Å². The molecule has 102 valence electrons. The molecule has 0 unspecified atom stereocenters. The zero-order valence-electron chi connectivity index (χ0n) is 12.0. The molecule has 5 nitrogen and oxygen atoms in total. The van der Waals surface area contributed by atoms with Crippen molar-refractivity contribution in [3.8, 4) is 6.07 Å². The van der Waals surface area contributed by atoms with Crippen LogP contribution in [-0.2, 0) is 0 Å². The van der Waals surface area contributed by atoms with Gasteiger partial charge in [0.2, 0.25) is 0 Å². The van der Waals surface area contributed by atoms with Gasteiger partial charge in [0.05, 0.1) is 5.69 Å². The highest BCUT2D eigenvalue weighted by Crippen LogP contribution is 2.20. The minimum Gasteiger partial charge on any atom is -0.356 e. The Balaban J connectivity index is 2.08. The summed E-state index contributed by atoms with van der Waals surface area (Å²) in [6, 6.07) is 2.26. The van der Waals surface area contributed by atoms with Crippen LogP contribution in [0.2, 0.25) is 0 Å². The smallest absolute Gasteiger partial charge is 0.169 e. The summed E-state index contributed by atoms with van der Waals surface area (Å²) in [5.74, 6) is 0.699. The number of rotatable bonds is 4. The third-order valence-electron chi connectivity index (χ3n) is 3.86. The van der Waals surface area contributed by atoms with Crippen LogP contribution >= 0.6 is 0 Å². The maximum atomic E-state index is 9.30. The van der Waals surface area contributed by atoms with Gasteiger partial charge in [-0.05, 0) is 45.3 Å². The summed E-state index contributed by atoms with van der Waals surface area (Å²) in [4.78, 5) is 4.49. The lowest BCUT2D eigenvalue weighted by molar-refractivity contribution is 0.346. The van der Waals surface area contributed by atoms with E-state index in [2.05, 4.69) is 21.2 Å². The Morgan fingerprint density at radius 3 is 2.58 bits per heavy atom. The molecule has 1 saturated heterocycles. The summed E-state index contributed by atoms with van der Waals surface area (Å²) >= 11 is 0. The fourth-order valence-electron chi connectivity index (χ4n) is 2.40. The number of likely N-dealkylation sites (tertiary alicyclic amines) is 1. The summed E-state index contributed by atoms with van der Waals surface area (Å²) in [6.45, 7) is 8.11. The van der Waals surface area contributed by atoms with Crippen LogP contribution < -0.4 is 4.90 Å². The summed E-state index contributed by atoms with van der Waals surface area (Å²) in [5.41, 5.74) is 2.41. The Hall–Kier alpha value is -1.67. The average molecular weight is 259 g/mol. The molecule has 1 aromatic heterocycles. The zero-order chi connectivity index (χ0) is 13.8. The summed E-state index contributed by atoms with van der Waals surface area (Å²) in [7, 11) is 1.98. The van der Waals surface area contributed by atoms with E-state index >= 15 is 0 Å². The van der Waals surface area contributed by atoms with E-state index in [-0.39, 0.29) is 0 Å². The lowest BCUT2D eigenvalue weighted by Crippen LogP contribution is -2.32. The number of hydrogen-bond donors (Lipinski definition) is 0. The molecule has 0 amide bonds. The molecule has 2 heterocycles. The minimum absolute atomic E-state index is 0.649. The molecule has 1 fully saturated rings. The van der Waals surface area contributed by atoms with Crippen LogP contribution in [-0.4, -0.2) is 48.3 Å². The second-order valence-electron chi connectivity index (χ2n) is 5.19. The van der Waals surface area contributed by atoms with Crippen molar-refractivity contribution in [2.45, 2.75) is 26.7 Å². The Bertz CT molecular complexity index is 485. The second kappa shape index (κ2) is 5.98. The molecular weight excluding hydrogens is 238 g/mol. The van der Waals surface area contributed by atoms with E-state index in [1.54, 1.807) is 0 Å². The number of aryl methyl sites for hydroxylation is 1. The molecule has 1 aliphatic rings. The molecule has 1 aliphatic heterocycles. The fraction of sp³-hybridized carbons (Fsp3) is 0.643. The largest absolute Gasteiger partial charge is 0.356 e. The molecule has 0 spiro atoms. The monoisotopic (exact) mass is 259 g/mol. The third kappa shape index (κ3) is 3.02. The molecule has 0 radical (unpaired) electrons. The highest BCUT2D eigenvalue weighted by atomic mass is 15.3. The number of nitriles is 1. The number of nitrogens with zero attached hydrogens (tertiary/aromatic N) is 5. The van der Waals surface area contributed by atoms with E-state index in [9.17, 15) is 5.26 Å². The van der Waals surface area contributed by atoms with Crippen molar-refractivity contribution in [2.75, 3.05) is 38.1 Å². The van der Waals surface area contributed by atoms with Crippen LogP contribution in [0.1, 0.15) is 29.7 Å². The van der Waals surface area contributed by atoms with Crippen molar-refractivity contribution >= 4 is 5.82 Å². The van der Waals surface area contributed by atoms with E-state index in [0.717, 1.165) is 24.3 Å². The number of hydrogen-bond acceptors (Lipinski definition) is 5. The predicted octanol–water partition coefficient (Wildman–Crippen LogP) is 1.50. The van der Waals surface area contributed by atoms with Crippen LogP contribution in [0, 0.1) is 25.2 Å². The molecule has 2 rings (SSSR count). The van der Waals surface area contributed by atoms with Gasteiger partial charge >= 0.3 is 0 Å². The molecular formula is C14H21N5. The van der Waals surface area contributed by atoms with Crippen molar-refractivity contribution in [1.82, 2.24) is 15.1 Å². The van der Waals surface area contributed by atoms with Crippen LogP contribution in [0.5, 0.6) is 0 Å². The Morgan fingerprint density at radius 2 is 1.95 bits per heavy atom. The molecule has 0 atom stereocenters. The molecule has 19 heavy (non-hydrogen) atoms. The van der Waals surface area contributed by atoms with Crippen molar-refractivity contribution < 1.29 is 0 Å². The van der Waals surface area contributed by atoms with E-state index < -0.39 is 0 Å². The highest BCUT2D eigenvalue weighted by Gasteiger charge is 2.16. The molecule has 1 aromatic rings. The fourth-order valence-corrected chi connectivity index (χ4v) is 2.40. The van der Waals surface area contributed by atoms with Gasteiger partial charge in [0.15, 0.2) is 5.82 Å². The zero-order valence-corrected chi connectivity index (χ0v) is 12.0. The van der Waals surface area contributed by atoms with Crippen molar-refractivity contribution in [2.24, 2.45) is 0 Å². The molecule has 0 aromatic carbocycles. The first-order valence-corrected chi connectivity index (χ1v) is 6.81. The lowest BCUT2D eigenvalue weighted by Gasteiger charge is -2.23. The minimum atomic E-state index is 0.649.